The molecule has 0 saturated carbocycles. The molecule has 0 radical (unpaired) electrons. The molecule has 1 unspecified atom stereocenters. The lowest BCUT2D eigenvalue weighted by Gasteiger charge is -2.27. The smallest absolute Gasteiger partial charge is 0.240 e. The minimum Gasteiger partial charge on any atom is -0.508 e. The summed E-state index contributed by atoms with van der Waals surface area (Å²) in [7, 11) is 0. The predicted octanol–water partition coefficient (Wildman–Crippen LogP) is 1.03. The number of hydrogen-bond acceptors (Lipinski definition) is 4. The summed E-state index contributed by atoms with van der Waals surface area (Å²) in [6.07, 6.45) is 4.05. The van der Waals surface area contributed by atoms with Crippen molar-refractivity contribution in [2.24, 2.45) is 5.73 Å². The molecular formula is C16H24N2O3. The van der Waals surface area contributed by atoms with E-state index in [0.717, 1.165) is 37.8 Å². The summed E-state index contributed by atoms with van der Waals surface area (Å²) >= 11 is 0. The number of nitrogens with two attached hydrogens (primary N) is 1. The fraction of sp³-hybridized carbons (Fsp3) is 0.562. The molecule has 0 aliphatic carbocycles. The van der Waals surface area contributed by atoms with E-state index in [1.54, 1.807) is 24.3 Å². The normalized spacial score (nSPS) is 19.7. The number of nitrogens with zero attached hydrogens (tertiary/aromatic N) is 1. The Hall–Kier alpha value is -1.59. The van der Waals surface area contributed by atoms with Crippen molar-refractivity contribution in [3.8, 4) is 5.75 Å². The van der Waals surface area contributed by atoms with E-state index < -0.39 is 6.04 Å². The van der Waals surface area contributed by atoms with Gasteiger partial charge in [0.2, 0.25) is 5.91 Å². The third kappa shape index (κ3) is 4.19. The Morgan fingerprint density at radius 1 is 1.38 bits per heavy atom. The highest BCUT2D eigenvalue weighted by atomic mass is 16.3. The number of carbonyl (C=O) groups is 1. The molecule has 2 atom stereocenters. The maximum absolute atomic E-state index is 12.5. The Bertz CT molecular complexity index is 461. The molecule has 0 aromatic heterocycles. The van der Waals surface area contributed by atoms with E-state index >= 15 is 0 Å². The van der Waals surface area contributed by atoms with Crippen LogP contribution in [0.3, 0.4) is 0 Å². The van der Waals surface area contributed by atoms with Gasteiger partial charge in [0.05, 0.1) is 6.04 Å². The SMILES string of the molecule is N[C@H](Cc1ccc(O)cc1)C(=O)N1CCCC1CCCO. The van der Waals surface area contributed by atoms with Gasteiger partial charge in [0.15, 0.2) is 0 Å². The van der Waals surface area contributed by atoms with Gasteiger partial charge in [0, 0.05) is 19.2 Å². The van der Waals surface area contributed by atoms with Crippen LogP contribution in [-0.2, 0) is 11.2 Å². The van der Waals surface area contributed by atoms with Crippen molar-refractivity contribution in [1.29, 1.82) is 0 Å². The molecule has 5 heteroatoms. The van der Waals surface area contributed by atoms with Crippen molar-refractivity contribution < 1.29 is 15.0 Å². The van der Waals surface area contributed by atoms with Crippen LogP contribution in [-0.4, -0.2) is 46.3 Å². The Morgan fingerprint density at radius 3 is 2.76 bits per heavy atom. The molecule has 1 aromatic carbocycles. The van der Waals surface area contributed by atoms with Crippen LogP contribution in [0.5, 0.6) is 5.75 Å². The van der Waals surface area contributed by atoms with E-state index in [-0.39, 0.29) is 24.3 Å². The Labute approximate surface area is 125 Å². The summed E-state index contributed by atoms with van der Waals surface area (Å²) in [6, 6.07) is 6.45. The highest BCUT2D eigenvalue weighted by Crippen LogP contribution is 2.22. The van der Waals surface area contributed by atoms with Gasteiger partial charge in [0.25, 0.3) is 0 Å². The molecule has 1 heterocycles. The number of rotatable bonds is 6. The van der Waals surface area contributed by atoms with Gasteiger partial charge >= 0.3 is 0 Å². The van der Waals surface area contributed by atoms with Crippen LogP contribution in [0.1, 0.15) is 31.2 Å². The number of hydrogen-bond donors (Lipinski definition) is 3. The molecule has 4 N–H and O–H groups in total. The third-order valence-electron chi connectivity index (χ3n) is 4.06. The number of phenolic OH excluding ortho intramolecular Hbond substituents is 1. The summed E-state index contributed by atoms with van der Waals surface area (Å²) < 4.78 is 0. The van der Waals surface area contributed by atoms with Crippen LogP contribution < -0.4 is 5.73 Å². The fourth-order valence-electron chi connectivity index (χ4n) is 2.94. The molecular weight excluding hydrogens is 268 g/mol. The second kappa shape index (κ2) is 7.43. The highest BCUT2D eigenvalue weighted by Gasteiger charge is 2.31. The van der Waals surface area contributed by atoms with Crippen LogP contribution in [0.15, 0.2) is 24.3 Å². The monoisotopic (exact) mass is 292 g/mol. The average molecular weight is 292 g/mol. The van der Waals surface area contributed by atoms with Gasteiger partial charge in [0.1, 0.15) is 5.75 Å². The van der Waals surface area contributed by atoms with E-state index in [1.807, 2.05) is 4.90 Å². The van der Waals surface area contributed by atoms with Crippen molar-refractivity contribution in [3.63, 3.8) is 0 Å². The first kappa shape index (κ1) is 15.8. The van der Waals surface area contributed by atoms with Crippen LogP contribution in [0.2, 0.25) is 0 Å². The quantitative estimate of drug-likeness (QED) is 0.731. The lowest BCUT2D eigenvalue weighted by atomic mass is 10.0. The van der Waals surface area contributed by atoms with E-state index in [0.29, 0.717) is 6.42 Å². The zero-order chi connectivity index (χ0) is 15.2. The molecule has 1 aliphatic heterocycles. The second-order valence-electron chi connectivity index (χ2n) is 5.67. The van der Waals surface area contributed by atoms with Gasteiger partial charge in [-0.15, -0.1) is 0 Å². The summed E-state index contributed by atoms with van der Waals surface area (Å²) in [5.41, 5.74) is 7.00. The molecule has 116 valence electrons. The van der Waals surface area contributed by atoms with Gasteiger partial charge in [-0.2, -0.15) is 0 Å². The number of aliphatic hydroxyl groups is 1. The Kier molecular flexibility index (Phi) is 5.59. The molecule has 1 saturated heterocycles. The van der Waals surface area contributed by atoms with Gasteiger partial charge in [-0.05, 0) is 49.8 Å². The number of likely N-dealkylation sites (tertiary alicyclic amines) is 1. The average Bonchev–Trinajstić information content (AvgIpc) is 2.95. The molecule has 1 amide bonds. The third-order valence-corrected chi connectivity index (χ3v) is 4.06. The largest absolute Gasteiger partial charge is 0.508 e. The summed E-state index contributed by atoms with van der Waals surface area (Å²) in [4.78, 5) is 14.4. The van der Waals surface area contributed by atoms with Crippen molar-refractivity contribution in [3.05, 3.63) is 29.8 Å². The van der Waals surface area contributed by atoms with Crippen LogP contribution in [0.4, 0.5) is 0 Å². The molecule has 1 aliphatic rings. The molecule has 2 rings (SSSR count). The van der Waals surface area contributed by atoms with Crippen LogP contribution in [0.25, 0.3) is 0 Å². The Morgan fingerprint density at radius 2 is 2.10 bits per heavy atom. The summed E-state index contributed by atoms with van der Waals surface area (Å²) in [6.45, 7) is 0.927. The van der Waals surface area contributed by atoms with Gasteiger partial charge in [-0.1, -0.05) is 12.1 Å². The minimum absolute atomic E-state index is 0.0106. The molecule has 0 spiro atoms. The van der Waals surface area contributed by atoms with E-state index in [4.69, 9.17) is 10.8 Å². The first-order valence-corrected chi connectivity index (χ1v) is 7.56. The number of carbonyl (C=O) groups excluding carboxylic acids is 1. The number of phenols is 1. The topological polar surface area (TPSA) is 86.8 Å². The first-order chi connectivity index (χ1) is 10.1. The minimum atomic E-state index is -0.552. The molecule has 0 bridgehead atoms. The van der Waals surface area contributed by atoms with Crippen LogP contribution in [0, 0.1) is 0 Å². The van der Waals surface area contributed by atoms with Gasteiger partial charge in [-0.3, -0.25) is 4.79 Å². The molecule has 1 aromatic rings. The van der Waals surface area contributed by atoms with Crippen molar-refractivity contribution in [1.82, 2.24) is 4.90 Å². The number of benzene rings is 1. The zero-order valence-electron chi connectivity index (χ0n) is 12.2. The number of aromatic hydroxyl groups is 1. The van der Waals surface area contributed by atoms with E-state index in [2.05, 4.69) is 0 Å². The van der Waals surface area contributed by atoms with E-state index in [1.165, 1.54) is 0 Å². The number of aliphatic hydroxyl groups excluding tert-OH is 1. The fourth-order valence-corrected chi connectivity index (χ4v) is 2.94. The van der Waals surface area contributed by atoms with Gasteiger partial charge in [-0.25, -0.2) is 0 Å². The van der Waals surface area contributed by atoms with Crippen molar-refractivity contribution in [2.75, 3.05) is 13.2 Å². The highest BCUT2D eigenvalue weighted by molar-refractivity contribution is 5.82. The van der Waals surface area contributed by atoms with Crippen molar-refractivity contribution in [2.45, 2.75) is 44.2 Å². The lowest BCUT2D eigenvalue weighted by Crippen LogP contribution is -2.47. The Balaban J connectivity index is 1.93. The standard InChI is InChI=1S/C16H24N2O3/c17-15(11-12-5-7-14(20)8-6-12)16(21)18-9-1-3-13(18)4-2-10-19/h5-8,13,15,19-20H,1-4,9-11,17H2/t13?,15-/m1/s1. The van der Waals surface area contributed by atoms with Crippen LogP contribution >= 0.6 is 0 Å². The maximum Gasteiger partial charge on any atom is 0.240 e. The summed E-state index contributed by atoms with van der Waals surface area (Å²) in [5.74, 6) is 0.200. The first-order valence-electron chi connectivity index (χ1n) is 7.56. The summed E-state index contributed by atoms with van der Waals surface area (Å²) in [5, 5.41) is 18.2. The predicted molar refractivity (Wildman–Crippen MR) is 80.8 cm³/mol. The zero-order valence-corrected chi connectivity index (χ0v) is 12.2. The lowest BCUT2D eigenvalue weighted by molar-refractivity contribution is -0.133. The second-order valence-corrected chi connectivity index (χ2v) is 5.67. The molecule has 21 heavy (non-hydrogen) atoms. The van der Waals surface area contributed by atoms with Gasteiger partial charge < -0.3 is 20.8 Å². The molecule has 1 fully saturated rings. The molecule has 5 nitrogen and oxygen atoms in total. The maximum atomic E-state index is 12.5. The van der Waals surface area contributed by atoms with Crippen molar-refractivity contribution >= 4 is 5.91 Å². The number of amides is 1. The van der Waals surface area contributed by atoms with E-state index in [9.17, 15) is 9.90 Å².